The Labute approximate surface area is 219 Å². The lowest BCUT2D eigenvalue weighted by atomic mass is 9.74. The van der Waals surface area contributed by atoms with Crippen LogP contribution < -0.4 is 9.64 Å². The molecule has 5 rings (SSSR count). The fourth-order valence-corrected chi connectivity index (χ4v) is 5.31. The molecule has 0 spiro atoms. The molecule has 0 saturated carbocycles. The topological polar surface area (TPSA) is 54.9 Å². The summed E-state index contributed by atoms with van der Waals surface area (Å²) < 4.78 is 10.9. The number of morpholine rings is 1. The van der Waals surface area contributed by atoms with Crippen LogP contribution in [0.3, 0.4) is 0 Å². The number of hydrogen-bond acceptors (Lipinski definition) is 6. The third-order valence-electron chi connectivity index (χ3n) is 7.19. The van der Waals surface area contributed by atoms with Crippen molar-refractivity contribution in [1.82, 2.24) is 9.88 Å². The summed E-state index contributed by atoms with van der Waals surface area (Å²) in [6, 6.07) is 24.4. The van der Waals surface area contributed by atoms with Crippen molar-refractivity contribution in [3.63, 3.8) is 0 Å². The molecule has 6 nitrogen and oxygen atoms in total. The molecule has 2 aromatic carbocycles. The molecule has 37 heavy (non-hydrogen) atoms. The number of hydrogen-bond donors (Lipinski definition) is 0. The largest absolute Gasteiger partial charge is 0.497 e. The first-order valence-electron chi connectivity index (χ1n) is 12.9. The highest BCUT2D eigenvalue weighted by molar-refractivity contribution is 6.05. The summed E-state index contributed by atoms with van der Waals surface area (Å²) in [6.07, 6.45) is 2.01. The summed E-state index contributed by atoms with van der Waals surface area (Å²) in [6.45, 7) is 8.52. The quantitative estimate of drug-likeness (QED) is 0.439. The van der Waals surface area contributed by atoms with Gasteiger partial charge in [-0.25, -0.2) is 4.98 Å². The number of nitrogens with zero attached hydrogens (tertiary/aromatic N) is 3. The van der Waals surface area contributed by atoms with Crippen molar-refractivity contribution < 1.29 is 14.3 Å². The molecule has 0 bridgehead atoms. The monoisotopic (exact) mass is 497 g/mol. The number of carbonyl (C=O) groups excluding carboxylic acids is 1. The zero-order valence-corrected chi connectivity index (χ0v) is 21.9. The van der Waals surface area contributed by atoms with Crippen molar-refractivity contribution in [3.8, 4) is 5.75 Å². The molecule has 2 aliphatic rings. The van der Waals surface area contributed by atoms with E-state index in [4.69, 9.17) is 14.5 Å². The Morgan fingerprint density at radius 1 is 1.00 bits per heavy atom. The van der Waals surface area contributed by atoms with E-state index >= 15 is 0 Å². The van der Waals surface area contributed by atoms with E-state index in [1.165, 1.54) is 5.56 Å². The molecule has 2 fully saturated rings. The van der Waals surface area contributed by atoms with E-state index in [0.29, 0.717) is 19.8 Å². The van der Waals surface area contributed by atoms with E-state index in [0.717, 1.165) is 48.0 Å². The van der Waals surface area contributed by atoms with E-state index in [-0.39, 0.29) is 11.8 Å². The van der Waals surface area contributed by atoms with Crippen molar-refractivity contribution in [2.45, 2.75) is 26.4 Å². The maximum Gasteiger partial charge on any atom is 0.167 e. The molecule has 192 valence electrons. The van der Waals surface area contributed by atoms with Crippen molar-refractivity contribution in [3.05, 3.63) is 95.2 Å². The van der Waals surface area contributed by atoms with Gasteiger partial charge in [-0.15, -0.1) is 0 Å². The van der Waals surface area contributed by atoms with E-state index in [2.05, 4.69) is 34.1 Å². The smallest absolute Gasteiger partial charge is 0.167 e. The predicted molar refractivity (Wildman–Crippen MR) is 147 cm³/mol. The summed E-state index contributed by atoms with van der Waals surface area (Å²) in [4.78, 5) is 23.5. The van der Waals surface area contributed by atoms with Crippen LogP contribution in [0.5, 0.6) is 5.75 Å². The SMILES string of the molecule is COc1ccc(CN2CC(C)(C)C(=O)/C(=C\c3cccc(N4CCOCC4)n3)C2c2ccccc2)cc1. The summed E-state index contributed by atoms with van der Waals surface area (Å²) in [5.74, 6) is 1.93. The van der Waals surface area contributed by atoms with Gasteiger partial charge in [-0.1, -0.05) is 62.4 Å². The van der Waals surface area contributed by atoms with Crippen molar-refractivity contribution in [1.29, 1.82) is 0 Å². The minimum atomic E-state index is -0.522. The number of anilines is 1. The minimum Gasteiger partial charge on any atom is -0.497 e. The van der Waals surface area contributed by atoms with Gasteiger partial charge in [-0.3, -0.25) is 9.69 Å². The molecular formula is C31H35N3O3. The second-order valence-corrected chi connectivity index (χ2v) is 10.4. The maximum atomic E-state index is 13.9. The molecule has 2 saturated heterocycles. The number of rotatable bonds is 6. The molecule has 6 heteroatoms. The van der Waals surface area contributed by atoms with Crippen molar-refractivity contribution in [2.75, 3.05) is 44.9 Å². The first-order valence-corrected chi connectivity index (χ1v) is 12.9. The molecule has 2 aliphatic heterocycles. The van der Waals surface area contributed by atoms with Crippen LogP contribution in [0, 0.1) is 5.41 Å². The Balaban J connectivity index is 1.55. The number of likely N-dealkylation sites (tertiary alicyclic amines) is 1. The summed E-state index contributed by atoms with van der Waals surface area (Å²) in [7, 11) is 1.68. The number of piperidine rings is 1. The number of ketones is 1. The normalized spacial score (nSPS) is 21.3. The molecule has 0 radical (unpaired) electrons. The fraction of sp³-hybridized carbons (Fsp3) is 0.355. The van der Waals surface area contributed by atoms with Crippen LogP contribution in [-0.4, -0.2) is 55.6 Å². The zero-order chi connectivity index (χ0) is 25.8. The molecule has 1 atom stereocenters. The Bertz CT molecular complexity index is 1250. The highest BCUT2D eigenvalue weighted by Crippen LogP contribution is 2.42. The van der Waals surface area contributed by atoms with Gasteiger partial charge >= 0.3 is 0 Å². The van der Waals surface area contributed by atoms with Crippen LogP contribution in [0.1, 0.15) is 36.7 Å². The first-order chi connectivity index (χ1) is 17.9. The highest BCUT2D eigenvalue weighted by Gasteiger charge is 2.43. The lowest BCUT2D eigenvalue weighted by Crippen LogP contribution is -2.49. The average Bonchev–Trinajstić information content (AvgIpc) is 2.93. The van der Waals surface area contributed by atoms with Crippen LogP contribution in [0.25, 0.3) is 6.08 Å². The van der Waals surface area contributed by atoms with Gasteiger partial charge in [0.1, 0.15) is 11.6 Å². The second kappa shape index (κ2) is 10.9. The van der Waals surface area contributed by atoms with Crippen LogP contribution in [0.2, 0.25) is 0 Å². The van der Waals surface area contributed by atoms with Crippen LogP contribution >= 0.6 is 0 Å². The lowest BCUT2D eigenvalue weighted by molar-refractivity contribution is -0.128. The van der Waals surface area contributed by atoms with Gasteiger partial charge in [0.2, 0.25) is 0 Å². The summed E-state index contributed by atoms with van der Waals surface area (Å²) in [5, 5.41) is 0. The zero-order valence-electron chi connectivity index (χ0n) is 21.9. The molecule has 0 amide bonds. The molecule has 3 aromatic rings. The standard InChI is InChI=1S/C31H35N3O3/c1-31(2)22-34(21-23-12-14-26(36-3)15-13-23)29(24-8-5-4-6-9-24)27(30(31)35)20-25-10-7-11-28(32-25)33-16-18-37-19-17-33/h4-15,20,29H,16-19,21-22H2,1-3H3/b27-20-. The molecular weight excluding hydrogens is 462 g/mol. The van der Waals surface area contributed by atoms with Crippen LogP contribution in [-0.2, 0) is 16.1 Å². The third-order valence-corrected chi connectivity index (χ3v) is 7.19. The van der Waals surface area contributed by atoms with Crippen molar-refractivity contribution >= 4 is 17.7 Å². The number of benzene rings is 2. The van der Waals surface area contributed by atoms with E-state index in [1.807, 2.05) is 68.5 Å². The van der Waals surface area contributed by atoms with E-state index in [1.54, 1.807) is 7.11 Å². The molecule has 1 unspecified atom stereocenters. The summed E-state index contributed by atoms with van der Waals surface area (Å²) >= 11 is 0. The molecule has 0 aliphatic carbocycles. The fourth-order valence-electron chi connectivity index (χ4n) is 5.31. The Kier molecular flexibility index (Phi) is 7.40. The van der Waals surface area contributed by atoms with Gasteiger partial charge in [-0.2, -0.15) is 0 Å². The average molecular weight is 498 g/mol. The number of aromatic nitrogens is 1. The van der Waals surface area contributed by atoms with Gasteiger partial charge in [-0.05, 0) is 41.5 Å². The van der Waals surface area contributed by atoms with Gasteiger partial charge in [0.05, 0.1) is 32.1 Å². The van der Waals surface area contributed by atoms with Crippen LogP contribution in [0.4, 0.5) is 5.82 Å². The van der Waals surface area contributed by atoms with Gasteiger partial charge in [0, 0.05) is 37.2 Å². The highest BCUT2D eigenvalue weighted by atomic mass is 16.5. The van der Waals surface area contributed by atoms with Crippen LogP contribution in [0.15, 0.2) is 78.4 Å². The number of Topliss-reactive ketones (excluding diaryl/α,β-unsaturated/α-hetero) is 1. The van der Waals surface area contributed by atoms with Crippen molar-refractivity contribution in [2.24, 2.45) is 5.41 Å². The Morgan fingerprint density at radius 3 is 2.43 bits per heavy atom. The van der Waals surface area contributed by atoms with E-state index < -0.39 is 5.41 Å². The van der Waals surface area contributed by atoms with Gasteiger partial charge in [0.15, 0.2) is 5.78 Å². The number of carbonyl (C=O) groups is 1. The molecule has 3 heterocycles. The Morgan fingerprint density at radius 2 is 1.73 bits per heavy atom. The van der Waals surface area contributed by atoms with E-state index in [9.17, 15) is 4.79 Å². The number of methoxy groups -OCH3 is 1. The number of ether oxygens (including phenoxy) is 2. The molecule has 0 N–H and O–H groups in total. The van der Waals surface area contributed by atoms with Gasteiger partial charge in [0.25, 0.3) is 0 Å². The molecule has 1 aromatic heterocycles. The van der Waals surface area contributed by atoms with Gasteiger partial charge < -0.3 is 14.4 Å². The second-order valence-electron chi connectivity index (χ2n) is 10.4. The maximum absolute atomic E-state index is 13.9. The number of pyridine rings is 1. The predicted octanol–water partition coefficient (Wildman–Crippen LogP) is 5.16. The lowest BCUT2D eigenvalue weighted by Gasteiger charge is -2.44. The minimum absolute atomic E-state index is 0.169. The first kappa shape index (κ1) is 25.2. The summed E-state index contributed by atoms with van der Waals surface area (Å²) in [5.41, 5.74) is 3.35. The Hall–Kier alpha value is -3.48. The third kappa shape index (κ3) is 5.60.